The minimum Gasteiger partial charge on any atom is -0.476 e. The van der Waals surface area contributed by atoms with Crippen LogP contribution in [-0.4, -0.2) is 35.1 Å². The molecule has 0 amide bonds. The number of anilines is 1. The second-order valence-corrected chi connectivity index (χ2v) is 5.43. The van der Waals surface area contributed by atoms with Crippen molar-refractivity contribution in [3.8, 4) is 0 Å². The van der Waals surface area contributed by atoms with Crippen LogP contribution in [0.5, 0.6) is 0 Å². The highest BCUT2D eigenvalue weighted by atomic mass is 32.2. The molecule has 0 aliphatic heterocycles. The lowest BCUT2D eigenvalue weighted by atomic mass is 10.4. The lowest BCUT2D eigenvalue weighted by Gasteiger charge is -1.98. The van der Waals surface area contributed by atoms with Crippen molar-refractivity contribution >= 4 is 27.1 Å². The molecule has 2 heterocycles. The number of hydrogen-bond acceptors (Lipinski definition) is 5. The van der Waals surface area contributed by atoms with E-state index in [0.29, 0.717) is 0 Å². The summed E-state index contributed by atoms with van der Waals surface area (Å²) in [5.41, 5.74) is 5.53. The Balaban J connectivity index is 3.00. The molecule has 2 aromatic heterocycles. The van der Waals surface area contributed by atoms with Gasteiger partial charge in [-0.05, 0) is 12.1 Å². The van der Waals surface area contributed by atoms with E-state index < -0.39 is 26.5 Å². The topological polar surface area (TPSA) is 115 Å². The van der Waals surface area contributed by atoms with Crippen LogP contribution in [0.15, 0.2) is 23.4 Å². The number of pyridine rings is 1. The number of aromatic nitrogens is 2. The van der Waals surface area contributed by atoms with Crippen LogP contribution in [0.1, 0.15) is 10.5 Å². The van der Waals surface area contributed by atoms with Gasteiger partial charge in [-0.2, -0.15) is 0 Å². The largest absolute Gasteiger partial charge is 0.476 e. The summed E-state index contributed by atoms with van der Waals surface area (Å²) in [6, 6.07) is 3.03. The van der Waals surface area contributed by atoms with Crippen molar-refractivity contribution < 1.29 is 18.3 Å². The number of fused-ring (bicyclic) bond motifs is 1. The second kappa shape index (κ2) is 3.45. The molecular weight excluding hydrogens is 246 g/mol. The van der Waals surface area contributed by atoms with E-state index in [1.807, 2.05) is 0 Å². The van der Waals surface area contributed by atoms with Crippen molar-refractivity contribution in [3.63, 3.8) is 0 Å². The maximum absolute atomic E-state index is 11.5. The number of hydrogen-bond donors (Lipinski definition) is 2. The molecule has 7 nitrogen and oxygen atoms in total. The number of nitrogens with zero attached hydrogens (tertiary/aromatic N) is 2. The Labute approximate surface area is 96.4 Å². The Morgan fingerprint density at radius 2 is 2.18 bits per heavy atom. The van der Waals surface area contributed by atoms with Gasteiger partial charge in [0.1, 0.15) is 0 Å². The predicted molar refractivity (Wildman–Crippen MR) is 59.7 cm³/mol. The second-order valence-electron chi connectivity index (χ2n) is 3.50. The van der Waals surface area contributed by atoms with Gasteiger partial charge in [-0.3, -0.25) is 4.40 Å². The average Bonchev–Trinajstić information content (AvgIpc) is 2.57. The first kappa shape index (κ1) is 11.4. The highest BCUT2D eigenvalue weighted by Gasteiger charge is 2.26. The Morgan fingerprint density at radius 1 is 1.53 bits per heavy atom. The lowest BCUT2D eigenvalue weighted by molar-refractivity contribution is 0.0684. The van der Waals surface area contributed by atoms with Crippen LogP contribution in [0.25, 0.3) is 5.65 Å². The van der Waals surface area contributed by atoms with Gasteiger partial charge >= 0.3 is 5.97 Å². The SMILES string of the molecule is CS(=O)(=O)c1nc2c(N)cccn2c1C(=O)O. The molecule has 2 rings (SSSR count). The van der Waals surface area contributed by atoms with Crippen LogP contribution in [-0.2, 0) is 9.84 Å². The average molecular weight is 255 g/mol. The summed E-state index contributed by atoms with van der Waals surface area (Å²) in [6.45, 7) is 0. The van der Waals surface area contributed by atoms with Gasteiger partial charge in [0.05, 0.1) is 5.69 Å². The zero-order chi connectivity index (χ0) is 12.8. The molecule has 90 valence electrons. The number of aromatic carboxylic acids is 1. The highest BCUT2D eigenvalue weighted by Crippen LogP contribution is 2.21. The van der Waals surface area contributed by atoms with E-state index in [4.69, 9.17) is 10.8 Å². The number of carboxylic acids is 1. The quantitative estimate of drug-likeness (QED) is 0.781. The highest BCUT2D eigenvalue weighted by molar-refractivity contribution is 7.90. The van der Waals surface area contributed by atoms with E-state index in [-0.39, 0.29) is 11.3 Å². The minimum absolute atomic E-state index is 0.116. The third-order valence-electron chi connectivity index (χ3n) is 2.20. The number of sulfone groups is 1. The fraction of sp³-hybridized carbons (Fsp3) is 0.111. The molecule has 0 radical (unpaired) electrons. The van der Waals surface area contributed by atoms with Crippen LogP contribution in [0, 0.1) is 0 Å². The van der Waals surface area contributed by atoms with Crippen molar-refractivity contribution in [2.45, 2.75) is 5.03 Å². The van der Waals surface area contributed by atoms with Gasteiger partial charge in [-0.15, -0.1) is 0 Å². The fourth-order valence-corrected chi connectivity index (χ4v) is 2.31. The van der Waals surface area contributed by atoms with Crippen LogP contribution >= 0.6 is 0 Å². The minimum atomic E-state index is -3.73. The Kier molecular flexibility index (Phi) is 2.32. The van der Waals surface area contributed by atoms with E-state index in [9.17, 15) is 13.2 Å². The first-order chi connectivity index (χ1) is 7.82. The van der Waals surface area contributed by atoms with E-state index in [1.54, 1.807) is 0 Å². The van der Waals surface area contributed by atoms with Crippen molar-refractivity contribution in [1.82, 2.24) is 9.38 Å². The number of carbonyl (C=O) groups is 1. The lowest BCUT2D eigenvalue weighted by Crippen LogP contribution is -2.09. The monoisotopic (exact) mass is 255 g/mol. The molecule has 0 fully saturated rings. The molecule has 0 aliphatic carbocycles. The predicted octanol–water partition coefficient (Wildman–Crippen LogP) is 0.0182. The zero-order valence-corrected chi connectivity index (χ0v) is 9.60. The summed E-state index contributed by atoms with van der Waals surface area (Å²) >= 11 is 0. The summed E-state index contributed by atoms with van der Waals surface area (Å²) in [5, 5.41) is 8.56. The molecule has 8 heteroatoms. The summed E-state index contributed by atoms with van der Waals surface area (Å²) in [7, 11) is -3.73. The molecule has 0 saturated carbocycles. The van der Waals surface area contributed by atoms with Gasteiger partial charge in [0.2, 0.25) is 0 Å². The molecule has 2 aromatic rings. The molecular formula is C9H9N3O4S. The van der Waals surface area contributed by atoms with Crippen molar-refractivity contribution in [2.75, 3.05) is 12.0 Å². The number of nitrogens with two attached hydrogens (primary N) is 1. The number of imidazole rings is 1. The van der Waals surface area contributed by atoms with E-state index in [2.05, 4.69) is 4.98 Å². The molecule has 3 N–H and O–H groups in total. The number of nitrogen functional groups attached to an aromatic ring is 1. The standard InChI is InChI=1S/C9H9N3O4S/c1-17(15,16)8-6(9(13)14)12-4-2-3-5(10)7(12)11-8/h2-4H,10H2,1H3,(H,13,14). The summed E-state index contributed by atoms with van der Waals surface area (Å²) in [5.74, 6) is -1.37. The van der Waals surface area contributed by atoms with Gasteiger partial charge in [-0.25, -0.2) is 18.2 Å². The van der Waals surface area contributed by atoms with Gasteiger partial charge in [-0.1, -0.05) is 0 Å². The zero-order valence-electron chi connectivity index (χ0n) is 8.78. The maximum atomic E-state index is 11.5. The van der Waals surface area contributed by atoms with Crippen molar-refractivity contribution in [3.05, 3.63) is 24.0 Å². The third kappa shape index (κ3) is 1.72. The van der Waals surface area contributed by atoms with Crippen LogP contribution < -0.4 is 5.73 Å². The van der Waals surface area contributed by atoms with Gasteiger partial charge in [0.25, 0.3) is 0 Å². The first-order valence-electron chi connectivity index (χ1n) is 4.52. The van der Waals surface area contributed by atoms with Crippen molar-refractivity contribution in [1.29, 1.82) is 0 Å². The number of rotatable bonds is 2. The Hall–Kier alpha value is -2.09. The maximum Gasteiger partial charge on any atom is 0.355 e. The van der Waals surface area contributed by atoms with E-state index in [0.717, 1.165) is 10.7 Å². The van der Waals surface area contributed by atoms with Crippen LogP contribution in [0.2, 0.25) is 0 Å². The van der Waals surface area contributed by atoms with Crippen LogP contribution in [0.4, 0.5) is 5.69 Å². The molecule has 0 saturated heterocycles. The van der Waals surface area contributed by atoms with Crippen molar-refractivity contribution in [2.24, 2.45) is 0 Å². The van der Waals surface area contributed by atoms with E-state index >= 15 is 0 Å². The van der Waals surface area contributed by atoms with Gasteiger partial charge < -0.3 is 10.8 Å². The van der Waals surface area contributed by atoms with E-state index in [1.165, 1.54) is 18.3 Å². The smallest absolute Gasteiger partial charge is 0.355 e. The Morgan fingerprint density at radius 3 is 2.71 bits per heavy atom. The first-order valence-corrected chi connectivity index (χ1v) is 6.41. The third-order valence-corrected chi connectivity index (χ3v) is 3.19. The molecule has 0 bridgehead atoms. The molecule has 0 aliphatic rings. The summed E-state index contributed by atoms with van der Waals surface area (Å²) in [4.78, 5) is 14.9. The summed E-state index contributed by atoms with van der Waals surface area (Å²) < 4.78 is 24.1. The van der Waals surface area contributed by atoms with Crippen LogP contribution in [0.3, 0.4) is 0 Å². The normalized spacial score (nSPS) is 11.8. The molecule has 17 heavy (non-hydrogen) atoms. The molecule has 0 unspecified atom stereocenters. The molecule has 0 spiro atoms. The summed E-state index contributed by atoms with van der Waals surface area (Å²) in [6.07, 6.45) is 2.30. The molecule has 0 aromatic carbocycles. The Bertz CT molecular complexity index is 717. The van der Waals surface area contributed by atoms with Gasteiger partial charge in [0.15, 0.2) is 26.2 Å². The fourth-order valence-electron chi connectivity index (χ4n) is 1.52. The van der Waals surface area contributed by atoms with Gasteiger partial charge in [0, 0.05) is 12.5 Å². The number of carboxylic acid groups (broad SMARTS) is 1. The molecule has 0 atom stereocenters.